The molecular weight excluding hydrogens is 321 g/mol. The zero-order valence-corrected chi connectivity index (χ0v) is 12.8. The fourth-order valence-electron chi connectivity index (χ4n) is 1.38. The number of morpholine rings is 1. The Labute approximate surface area is 126 Å². The van der Waals surface area contributed by atoms with E-state index in [0.717, 1.165) is 0 Å². The lowest BCUT2D eigenvalue weighted by molar-refractivity contribution is -0.119. The van der Waals surface area contributed by atoms with Gasteiger partial charge in [0.25, 0.3) is 0 Å². The monoisotopic (exact) mass is 333 g/mol. The summed E-state index contributed by atoms with van der Waals surface area (Å²) in [6, 6.07) is 0. The Morgan fingerprint density at radius 1 is 1.33 bits per heavy atom. The van der Waals surface area contributed by atoms with Crippen molar-refractivity contribution in [3.63, 3.8) is 0 Å². The number of hydrogen-bond donors (Lipinski definition) is 2. The molecule has 0 radical (unpaired) electrons. The van der Waals surface area contributed by atoms with Gasteiger partial charge in [0.15, 0.2) is 5.11 Å². The molecule has 0 aromatic carbocycles. The molecule has 104 valence electrons. The number of nitrogens with zero attached hydrogens (tertiary/aromatic N) is 1. The molecule has 0 aromatic heterocycles. The van der Waals surface area contributed by atoms with E-state index in [1.165, 1.54) is 6.92 Å². The largest absolute Gasteiger partial charge is 0.378 e. The number of nitrogens with one attached hydrogen (secondary N) is 2. The number of carbonyl (C=O) groups excluding carboxylic acids is 1. The number of halogens is 3. The third-order valence-electron chi connectivity index (χ3n) is 2.24. The third kappa shape index (κ3) is 5.32. The van der Waals surface area contributed by atoms with Gasteiger partial charge in [0.2, 0.25) is 9.70 Å². The van der Waals surface area contributed by atoms with Crippen molar-refractivity contribution in [2.75, 3.05) is 26.3 Å². The van der Waals surface area contributed by atoms with Gasteiger partial charge in [-0.05, 0) is 12.2 Å². The smallest absolute Gasteiger partial charge is 0.228 e. The minimum atomic E-state index is -1.69. The Bertz CT molecular complexity index is 319. The van der Waals surface area contributed by atoms with Gasteiger partial charge in [-0.2, -0.15) is 0 Å². The van der Waals surface area contributed by atoms with Gasteiger partial charge < -0.3 is 20.3 Å². The van der Waals surface area contributed by atoms with Crippen molar-refractivity contribution >= 4 is 58.0 Å². The summed E-state index contributed by atoms with van der Waals surface area (Å²) in [4.78, 5) is 12.9. The number of ether oxygens (including phenoxy) is 1. The summed E-state index contributed by atoms with van der Waals surface area (Å²) < 4.78 is 3.52. The first-order chi connectivity index (χ1) is 8.30. The SMILES string of the molecule is CC(=O)NC(NC(=S)N1CCOCC1)C(Cl)(Cl)Cl. The summed E-state index contributed by atoms with van der Waals surface area (Å²) in [5.74, 6) is -0.316. The quantitative estimate of drug-likeness (QED) is 0.449. The minimum Gasteiger partial charge on any atom is -0.378 e. The maximum atomic E-state index is 11.1. The molecule has 1 fully saturated rings. The molecule has 0 spiro atoms. The van der Waals surface area contributed by atoms with Gasteiger partial charge in [0, 0.05) is 20.0 Å². The van der Waals surface area contributed by atoms with Gasteiger partial charge in [-0.15, -0.1) is 0 Å². The molecule has 1 aliphatic heterocycles. The van der Waals surface area contributed by atoms with Gasteiger partial charge in [0.05, 0.1) is 13.2 Å². The van der Waals surface area contributed by atoms with Crippen LogP contribution in [0.4, 0.5) is 0 Å². The van der Waals surface area contributed by atoms with Crippen LogP contribution < -0.4 is 10.6 Å². The first-order valence-corrected chi connectivity index (χ1v) is 6.82. The maximum Gasteiger partial charge on any atom is 0.228 e. The molecular formula is C9H14Cl3N3O2S. The van der Waals surface area contributed by atoms with Crippen LogP contribution in [-0.4, -0.2) is 52.2 Å². The van der Waals surface area contributed by atoms with E-state index < -0.39 is 9.96 Å². The number of hydrogen-bond acceptors (Lipinski definition) is 3. The molecule has 9 heteroatoms. The zero-order valence-electron chi connectivity index (χ0n) is 9.71. The molecule has 1 atom stereocenters. The van der Waals surface area contributed by atoms with Crippen molar-refractivity contribution in [1.29, 1.82) is 0 Å². The number of amides is 1. The molecule has 1 amide bonds. The topological polar surface area (TPSA) is 53.6 Å². The van der Waals surface area contributed by atoms with Gasteiger partial charge in [0.1, 0.15) is 6.17 Å². The molecule has 1 unspecified atom stereocenters. The predicted octanol–water partition coefficient (Wildman–Crippen LogP) is 1.03. The van der Waals surface area contributed by atoms with Crippen LogP contribution in [0.5, 0.6) is 0 Å². The molecule has 18 heavy (non-hydrogen) atoms. The Balaban J connectivity index is 2.59. The average molecular weight is 335 g/mol. The number of thiocarbonyl (C=S) groups is 1. The second-order valence-electron chi connectivity index (χ2n) is 3.72. The molecule has 5 nitrogen and oxygen atoms in total. The van der Waals surface area contributed by atoms with E-state index in [4.69, 9.17) is 51.8 Å². The van der Waals surface area contributed by atoms with Crippen molar-refractivity contribution in [3.8, 4) is 0 Å². The summed E-state index contributed by atoms with van der Waals surface area (Å²) >= 11 is 22.5. The summed E-state index contributed by atoms with van der Waals surface area (Å²) in [6.07, 6.45) is -0.879. The van der Waals surface area contributed by atoms with Gasteiger partial charge in [-0.25, -0.2) is 0 Å². The fourth-order valence-corrected chi connectivity index (χ4v) is 2.01. The van der Waals surface area contributed by atoms with E-state index in [1.807, 2.05) is 4.90 Å². The van der Waals surface area contributed by atoms with Crippen molar-refractivity contribution in [1.82, 2.24) is 15.5 Å². The van der Waals surface area contributed by atoms with E-state index in [1.54, 1.807) is 0 Å². The summed E-state index contributed by atoms with van der Waals surface area (Å²) in [7, 11) is 0. The number of carbonyl (C=O) groups is 1. The predicted molar refractivity (Wildman–Crippen MR) is 76.0 cm³/mol. The molecule has 2 N–H and O–H groups in total. The van der Waals surface area contributed by atoms with Crippen molar-refractivity contribution in [2.45, 2.75) is 16.9 Å². The van der Waals surface area contributed by atoms with Gasteiger partial charge in [-0.1, -0.05) is 34.8 Å². The summed E-state index contributed by atoms with van der Waals surface area (Å²) in [6.45, 7) is 3.86. The average Bonchev–Trinajstić information content (AvgIpc) is 2.27. The highest BCUT2D eigenvalue weighted by Crippen LogP contribution is 2.29. The molecule has 1 rings (SSSR count). The second-order valence-corrected chi connectivity index (χ2v) is 6.48. The minimum absolute atomic E-state index is 0.316. The summed E-state index contributed by atoms with van der Waals surface area (Å²) in [5.41, 5.74) is 0. The van der Waals surface area contributed by atoms with Crippen LogP contribution in [0, 0.1) is 0 Å². The van der Waals surface area contributed by atoms with E-state index in [9.17, 15) is 4.79 Å². The highest BCUT2D eigenvalue weighted by atomic mass is 35.6. The Hall–Kier alpha value is -0.0100. The van der Waals surface area contributed by atoms with E-state index in [2.05, 4.69) is 10.6 Å². The zero-order chi connectivity index (χ0) is 13.8. The van der Waals surface area contributed by atoms with Crippen molar-refractivity contribution in [3.05, 3.63) is 0 Å². The molecule has 1 aliphatic rings. The van der Waals surface area contributed by atoms with Crippen LogP contribution in [-0.2, 0) is 9.53 Å². The Morgan fingerprint density at radius 3 is 2.33 bits per heavy atom. The van der Waals surface area contributed by atoms with Crippen LogP contribution in [0.3, 0.4) is 0 Å². The molecule has 1 saturated heterocycles. The van der Waals surface area contributed by atoms with Crippen LogP contribution in [0.2, 0.25) is 0 Å². The maximum absolute atomic E-state index is 11.1. The van der Waals surface area contributed by atoms with Crippen LogP contribution in [0.15, 0.2) is 0 Å². The van der Waals surface area contributed by atoms with E-state index in [0.29, 0.717) is 31.4 Å². The van der Waals surface area contributed by atoms with Crippen LogP contribution in [0.25, 0.3) is 0 Å². The molecule has 0 aliphatic carbocycles. The molecule has 0 bridgehead atoms. The second kappa shape index (κ2) is 6.96. The van der Waals surface area contributed by atoms with Crippen molar-refractivity contribution < 1.29 is 9.53 Å². The normalized spacial score (nSPS) is 18.1. The third-order valence-corrected chi connectivity index (χ3v) is 3.27. The first kappa shape index (κ1) is 16.0. The Kier molecular flexibility index (Phi) is 6.20. The van der Waals surface area contributed by atoms with Crippen LogP contribution in [0.1, 0.15) is 6.92 Å². The molecule has 1 heterocycles. The van der Waals surface area contributed by atoms with E-state index >= 15 is 0 Å². The van der Waals surface area contributed by atoms with Gasteiger partial charge >= 0.3 is 0 Å². The Morgan fingerprint density at radius 2 is 1.89 bits per heavy atom. The fraction of sp³-hybridized carbons (Fsp3) is 0.778. The lowest BCUT2D eigenvalue weighted by atomic mass is 10.4. The number of alkyl halides is 3. The lowest BCUT2D eigenvalue weighted by Gasteiger charge is -2.33. The molecule has 0 saturated carbocycles. The number of rotatable bonds is 2. The highest BCUT2D eigenvalue weighted by molar-refractivity contribution is 7.80. The first-order valence-electron chi connectivity index (χ1n) is 5.27. The standard InChI is InChI=1S/C9H14Cl3N3O2S/c1-6(16)13-7(9(10,11)12)14-8(18)15-2-4-17-5-3-15/h7H,2-5H2,1H3,(H,13,16)(H,14,18). The molecule has 0 aromatic rings. The lowest BCUT2D eigenvalue weighted by Crippen LogP contribution is -2.58. The summed E-state index contributed by atoms with van der Waals surface area (Å²) in [5, 5.41) is 5.75. The van der Waals surface area contributed by atoms with E-state index in [-0.39, 0.29) is 5.91 Å². The van der Waals surface area contributed by atoms with Gasteiger partial charge in [-0.3, -0.25) is 4.79 Å². The van der Waals surface area contributed by atoms with Crippen LogP contribution >= 0.6 is 47.0 Å². The highest BCUT2D eigenvalue weighted by Gasteiger charge is 2.34. The van der Waals surface area contributed by atoms with Crippen molar-refractivity contribution in [2.24, 2.45) is 0 Å².